The van der Waals surface area contributed by atoms with E-state index in [9.17, 15) is 0 Å². The van der Waals surface area contributed by atoms with Gasteiger partial charge in [0.25, 0.3) is 0 Å². The van der Waals surface area contributed by atoms with Gasteiger partial charge in [0.2, 0.25) is 0 Å². The zero-order valence-corrected chi connectivity index (χ0v) is 10.5. The minimum absolute atomic E-state index is 0.0270. The molecule has 0 aliphatic heterocycles. The molecule has 1 fully saturated rings. The number of hydrogen-bond acceptors (Lipinski definition) is 4. The van der Waals surface area contributed by atoms with Gasteiger partial charge in [0.15, 0.2) is 6.79 Å². The second-order valence-electron chi connectivity index (χ2n) is 4.70. The van der Waals surface area contributed by atoms with Crippen LogP contribution in [0.3, 0.4) is 0 Å². The Morgan fingerprint density at radius 2 is 2.06 bits per heavy atom. The van der Waals surface area contributed by atoms with Crippen molar-refractivity contribution >= 4 is 5.69 Å². The Morgan fingerprint density at radius 1 is 1.35 bits per heavy atom. The highest BCUT2D eigenvalue weighted by Gasteiger charge is 2.46. The summed E-state index contributed by atoms with van der Waals surface area (Å²) >= 11 is 0. The molecule has 17 heavy (non-hydrogen) atoms. The smallest absolute Gasteiger partial charge is 0.188 e. The average Bonchev–Trinajstić information content (AvgIpc) is 3.11. The number of hydrogen-bond donors (Lipinski definition) is 2. The summed E-state index contributed by atoms with van der Waals surface area (Å²) in [7, 11) is 1.60. The van der Waals surface area contributed by atoms with Gasteiger partial charge in [0.05, 0.1) is 0 Å². The van der Waals surface area contributed by atoms with E-state index < -0.39 is 0 Å². The van der Waals surface area contributed by atoms with Gasteiger partial charge in [-0.05, 0) is 31.4 Å². The van der Waals surface area contributed by atoms with Crippen LogP contribution in [-0.4, -0.2) is 20.4 Å². The lowest BCUT2D eigenvalue weighted by Gasteiger charge is -2.21. The molecule has 1 aliphatic carbocycles. The van der Waals surface area contributed by atoms with Crippen LogP contribution in [0.5, 0.6) is 5.75 Å². The molecule has 1 aliphatic rings. The molecule has 0 atom stereocenters. The van der Waals surface area contributed by atoms with Crippen molar-refractivity contribution < 1.29 is 9.47 Å². The molecule has 2 rings (SSSR count). The maximum atomic E-state index is 6.18. The number of benzene rings is 1. The lowest BCUT2D eigenvalue weighted by atomic mass is 9.91. The molecule has 0 aromatic heterocycles. The lowest BCUT2D eigenvalue weighted by molar-refractivity contribution is 0.0501. The van der Waals surface area contributed by atoms with Crippen molar-refractivity contribution in [3.05, 3.63) is 23.3 Å². The zero-order valence-electron chi connectivity index (χ0n) is 10.5. The lowest BCUT2D eigenvalue weighted by Crippen LogP contribution is -2.22. The predicted octanol–water partition coefficient (Wildman–Crippen LogP) is 1.55. The van der Waals surface area contributed by atoms with E-state index in [2.05, 4.69) is 0 Å². The van der Waals surface area contributed by atoms with Crippen molar-refractivity contribution in [2.24, 2.45) is 5.73 Å². The normalized spacial score (nSPS) is 16.9. The van der Waals surface area contributed by atoms with Crippen molar-refractivity contribution in [1.29, 1.82) is 0 Å². The van der Waals surface area contributed by atoms with Crippen LogP contribution >= 0.6 is 0 Å². The molecule has 0 spiro atoms. The van der Waals surface area contributed by atoms with Gasteiger partial charge >= 0.3 is 0 Å². The predicted molar refractivity (Wildman–Crippen MR) is 68.1 cm³/mol. The maximum Gasteiger partial charge on any atom is 0.188 e. The average molecular weight is 236 g/mol. The van der Waals surface area contributed by atoms with Gasteiger partial charge in [-0.25, -0.2) is 0 Å². The van der Waals surface area contributed by atoms with Crippen LogP contribution in [0, 0.1) is 6.92 Å². The first kappa shape index (κ1) is 12.2. The number of anilines is 1. The Balaban J connectivity index is 2.42. The first-order chi connectivity index (χ1) is 8.14. The Labute approximate surface area is 102 Å². The standard InChI is InChI=1S/C13H20N2O2/c1-9-3-4-10(17-8-16-2)11(12(9)15)13(7-14)5-6-13/h3-4H,5-8,14-15H2,1-2H3. The third kappa shape index (κ3) is 2.10. The summed E-state index contributed by atoms with van der Waals surface area (Å²) in [4.78, 5) is 0. The van der Waals surface area contributed by atoms with E-state index in [0.29, 0.717) is 6.54 Å². The highest BCUT2D eigenvalue weighted by molar-refractivity contribution is 5.64. The Morgan fingerprint density at radius 3 is 2.59 bits per heavy atom. The first-order valence-electron chi connectivity index (χ1n) is 5.86. The van der Waals surface area contributed by atoms with Crippen LogP contribution < -0.4 is 16.2 Å². The Bertz CT molecular complexity index is 414. The second kappa shape index (κ2) is 4.55. The molecule has 0 amide bonds. The van der Waals surface area contributed by atoms with Gasteiger partial charge in [-0.2, -0.15) is 0 Å². The molecule has 94 valence electrons. The molecular weight excluding hydrogens is 216 g/mol. The SMILES string of the molecule is COCOc1ccc(C)c(N)c1C1(CN)CC1. The minimum Gasteiger partial charge on any atom is -0.467 e. The largest absolute Gasteiger partial charge is 0.467 e. The summed E-state index contributed by atoms with van der Waals surface area (Å²) < 4.78 is 10.5. The molecule has 4 N–H and O–H groups in total. The van der Waals surface area contributed by atoms with Crippen molar-refractivity contribution in [1.82, 2.24) is 0 Å². The van der Waals surface area contributed by atoms with Crippen molar-refractivity contribution in [2.75, 3.05) is 26.2 Å². The van der Waals surface area contributed by atoms with E-state index in [1.807, 2.05) is 19.1 Å². The summed E-state index contributed by atoms with van der Waals surface area (Å²) in [5.41, 5.74) is 15.0. The minimum atomic E-state index is 0.0270. The van der Waals surface area contributed by atoms with Crippen LogP contribution in [0.4, 0.5) is 5.69 Å². The second-order valence-corrected chi connectivity index (χ2v) is 4.70. The number of aryl methyl sites for hydroxylation is 1. The molecule has 4 nitrogen and oxygen atoms in total. The van der Waals surface area contributed by atoms with E-state index in [1.54, 1.807) is 7.11 Å². The van der Waals surface area contributed by atoms with Crippen LogP contribution in [0.1, 0.15) is 24.0 Å². The Kier molecular flexibility index (Phi) is 3.26. The van der Waals surface area contributed by atoms with Gasteiger partial charge in [0, 0.05) is 30.3 Å². The van der Waals surface area contributed by atoms with Gasteiger partial charge in [-0.15, -0.1) is 0 Å². The van der Waals surface area contributed by atoms with Gasteiger partial charge in [-0.3, -0.25) is 0 Å². The number of nitrogens with two attached hydrogens (primary N) is 2. The number of methoxy groups -OCH3 is 1. The van der Waals surface area contributed by atoms with Crippen molar-refractivity contribution in [3.63, 3.8) is 0 Å². The number of ether oxygens (including phenoxy) is 2. The van der Waals surface area contributed by atoms with Gasteiger partial charge in [0.1, 0.15) is 5.75 Å². The summed E-state index contributed by atoms with van der Waals surface area (Å²) in [6.45, 7) is 2.85. The molecule has 0 saturated heterocycles. The number of rotatable bonds is 5. The van der Waals surface area contributed by atoms with Gasteiger partial charge < -0.3 is 20.9 Å². The zero-order chi connectivity index (χ0) is 12.5. The third-order valence-electron chi connectivity index (χ3n) is 3.53. The molecular formula is C13H20N2O2. The van der Waals surface area contributed by atoms with Crippen molar-refractivity contribution in [2.45, 2.75) is 25.2 Å². The van der Waals surface area contributed by atoms with E-state index >= 15 is 0 Å². The van der Waals surface area contributed by atoms with E-state index in [4.69, 9.17) is 20.9 Å². The molecule has 0 unspecified atom stereocenters. The monoisotopic (exact) mass is 236 g/mol. The van der Waals surface area contributed by atoms with Crippen molar-refractivity contribution in [3.8, 4) is 5.75 Å². The molecule has 1 aromatic rings. The summed E-state index contributed by atoms with van der Waals surface area (Å²) in [6, 6.07) is 3.92. The van der Waals surface area contributed by atoms with Crippen LogP contribution in [0.2, 0.25) is 0 Å². The highest BCUT2D eigenvalue weighted by Crippen LogP contribution is 2.53. The quantitative estimate of drug-likeness (QED) is 0.601. The highest BCUT2D eigenvalue weighted by atomic mass is 16.7. The molecule has 1 saturated carbocycles. The Hall–Kier alpha value is -1.26. The maximum absolute atomic E-state index is 6.18. The van der Waals surface area contributed by atoms with Gasteiger partial charge in [-0.1, -0.05) is 6.07 Å². The summed E-state index contributed by atoms with van der Waals surface area (Å²) in [6.07, 6.45) is 2.17. The molecule has 4 heteroatoms. The van der Waals surface area contributed by atoms with E-state index in [1.165, 1.54) is 0 Å². The molecule has 0 bridgehead atoms. The van der Waals surface area contributed by atoms with Crippen LogP contribution in [0.25, 0.3) is 0 Å². The topological polar surface area (TPSA) is 70.5 Å². The molecule has 0 heterocycles. The fraction of sp³-hybridized carbons (Fsp3) is 0.538. The molecule has 0 radical (unpaired) electrons. The third-order valence-corrected chi connectivity index (χ3v) is 3.53. The first-order valence-corrected chi connectivity index (χ1v) is 5.86. The van der Waals surface area contributed by atoms with E-state index in [0.717, 1.165) is 35.4 Å². The summed E-state index contributed by atoms with van der Waals surface area (Å²) in [5.74, 6) is 0.804. The summed E-state index contributed by atoms with van der Waals surface area (Å²) in [5, 5.41) is 0. The fourth-order valence-electron chi connectivity index (χ4n) is 2.20. The fourth-order valence-corrected chi connectivity index (χ4v) is 2.20. The van der Waals surface area contributed by atoms with Crippen LogP contribution in [0.15, 0.2) is 12.1 Å². The molecule has 1 aromatic carbocycles. The van der Waals surface area contributed by atoms with E-state index in [-0.39, 0.29) is 12.2 Å². The number of nitrogen functional groups attached to an aromatic ring is 1. The van der Waals surface area contributed by atoms with Crippen LogP contribution in [-0.2, 0) is 10.2 Å².